The van der Waals surface area contributed by atoms with Gasteiger partial charge in [0.1, 0.15) is 20.9 Å². The number of aromatic nitrogens is 2. The zero-order valence-electron chi connectivity index (χ0n) is 21.5. The fourth-order valence-electron chi connectivity index (χ4n) is 3.74. The number of benzene rings is 2. The highest BCUT2D eigenvalue weighted by Crippen LogP contribution is 2.33. The lowest BCUT2D eigenvalue weighted by molar-refractivity contribution is -0.432. The average molecular weight is 709 g/mol. The van der Waals surface area contributed by atoms with Gasteiger partial charge in [-0.3, -0.25) is 34.0 Å². The molecule has 3 aromatic rings. The number of amides is 2. The zero-order chi connectivity index (χ0) is 33.1. The van der Waals surface area contributed by atoms with Crippen molar-refractivity contribution in [3.63, 3.8) is 0 Å². The van der Waals surface area contributed by atoms with E-state index in [4.69, 9.17) is 10.5 Å². The Morgan fingerprint density at radius 2 is 1.36 bits per heavy atom. The Hall–Kier alpha value is -4.05. The minimum atomic E-state index is -4.93. The van der Waals surface area contributed by atoms with Gasteiger partial charge in [0.2, 0.25) is 5.88 Å². The summed E-state index contributed by atoms with van der Waals surface area (Å²) in [5.41, 5.74) is -0.991. The lowest BCUT2D eigenvalue weighted by Crippen LogP contribution is -2.36. The number of hydrazine groups is 1. The molecule has 0 saturated carbocycles. The van der Waals surface area contributed by atoms with E-state index in [9.17, 15) is 45.4 Å². The largest absolute Gasteiger partial charge is 0.493 e. The van der Waals surface area contributed by atoms with Crippen LogP contribution < -0.4 is 16.0 Å². The summed E-state index contributed by atoms with van der Waals surface area (Å²) in [4.78, 5) is 36.8. The predicted molar refractivity (Wildman–Crippen MR) is 148 cm³/mol. The van der Waals surface area contributed by atoms with Gasteiger partial charge in [0.25, 0.3) is 37.6 Å². The second kappa shape index (κ2) is 13.5. The molecule has 0 spiro atoms. The van der Waals surface area contributed by atoms with Gasteiger partial charge in [0, 0.05) is 9.79 Å². The van der Waals surface area contributed by atoms with E-state index in [0.717, 1.165) is 54.6 Å². The number of carbonyl (C=O) groups excluding carboxylic acids is 2. The molecule has 1 aliphatic rings. The van der Waals surface area contributed by atoms with Crippen molar-refractivity contribution in [2.24, 2.45) is 0 Å². The molecule has 240 valence electrons. The van der Waals surface area contributed by atoms with E-state index in [1.54, 1.807) is 0 Å². The molecule has 0 unspecified atom stereocenters. The second-order valence-electron chi connectivity index (χ2n) is 8.20. The highest BCUT2D eigenvalue weighted by Gasteiger charge is 2.37. The van der Waals surface area contributed by atoms with Crippen LogP contribution in [-0.2, 0) is 48.6 Å². The number of H-pyrrole nitrogens is 1. The van der Waals surface area contributed by atoms with E-state index in [0.29, 0.717) is 33.8 Å². The van der Waals surface area contributed by atoms with Gasteiger partial charge in [0.15, 0.2) is 0 Å². The van der Waals surface area contributed by atoms with Gasteiger partial charge in [-0.25, -0.2) is 20.2 Å². The zero-order valence-corrected chi connectivity index (χ0v) is 24.7. The van der Waals surface area contributed by atoms with Crippen LogP contribution in [0.15, 0.2) is 78.5 Å². The van der Waals surface area contributed by atoms with Crippen LogP contribution in [0.5, 0.6) is 5.88 Å². The van der Waals surface area contributed by atoms with E-state index < -0.39 is 75.8 Å². The van der Waals surface area contributed by atoms with Gasteiger partial charge in [0.05, 0.1) is 35.5 Å². The molecule has 2 amide bonds. The molecule has 0 radical (unpaired) electrons. The number of anilines is 1. The number of hydrogen-bond donors (Lipinski definition) is 7. The molecule has 4 rings (SSSR count). The Kier molecular flexibility index (Phi) is 10.2. The molecule has 45 heavy (non-hydrogen) atoms. The first kappa shape index (κ1) is 33.8. The SMILES string of the molecule is O=C1NN(c2cc(SOOO)ccc2S(=O)(=O)O)C(=O)/C1=C/C=C/c1c(O)n(-c2cc(SOOO)ccc2S(=O)(=O)O)[nH]c1=O. The minimum absolute atomic E-state index is 0.0561. The third kappa shape index (κ3) is 7.44. The van der Waals surface area contributed by atoms with Crippen LogP contribution in [0.1, 0.15) is 5.56 Å². The van der Waals surface area contributed by atoms with Crippen molar-refractivity contribution >= 4 is 67.9 Å². The highest BCUT2D eigenvalue weighted by atomic mass is 32.2. The van der Waals surface area contributed by atoms with Crippen LogP contribution in [0.3, 0.4) is 0 Å². The van der Waals surface area contributed by atoms with Gasteiger partial charge in [-0.1, -0.05) is 16.2 Å². The summed E-state index contributed by atoms with van der Waals surface area (Å²) in [5, 5.41) is 37.0. The van der Waals surface area contributed by atoms with Crippen molar-refractivity contribution in [1.82, 2.24) is 15.2 Å². The molecule has 1 saturated heterocycles. The maximum Gasteiger partial charge on any atom is 0.296 e. The number of rotatable bonds is 12. The first-order valence-corrected chi connectivity index (χ1v) is 15.6. The van der Waals surface area contributed by atoms with Crippen LogP contribution >= 0.6 is 24.1 Å². The molecule has 1 aromatic heterocycles. The fraction of sp³-hybridized carbons (Fsp3) is 0. The second-order valence-corrected chi connectivity index (χ2v) is 12.5. The Morgan fingerprint density at radius 1 is 0.822 bits per heavy atom. The molecule has 0 bridgehead atoms. The first-order valence-electron chi connectivity index (χ1n) is 11.3. The summed E-state index contributed by atoms with van der Waals surface area (Å²) in [5.74, 6) is -3.05. The fourth-order valence-corrected chi connectivity index (χ4v) is 5.84. The predicted octanol–water partition coefficient (Wildman–Crippen LogP) is 1.24. The maximum absolute atomic E-state index is 13.0. The van der Waals surface area contributed by atoms with Crippen molar-refractivity contribution in [3.05, 3.63) is 70.0 Å². The minimum Gasteiger partial charge on any atom is -0.493 e. The van der Waals surface area contributed by atoms with E-state index in [2.05, 4.69) is 29.3 Å². The summed E-state index contributed by atoms with van der Waals surface area (Å²) >= 11 is 0.780. The molecular weight excluding hydrogens is 693 g/mol. The molecule has 1 aliphatic heterocycles. The third-order valence-corrected chi connectivity index (χ3v) is 8.50. The highest BCUT2D eigenvalue weighted by molar-refractivity contribution is 7.94. The van der Waals surface area contributed by atoms with Crippen LogP contribution in [0.25, 0.3) is 11.8 Å². The summed E-state index contributed by atoms with van der Waals surface area (Å²) in [6.45, 7) is 0. The number of carbonyl (C=O) groups is 2. The molecule has 2 aromatic carbocycles. The third-order valence-electron chi connectivity index (χ3n) is 5.55. The van der Waals surface area contributed by atoms with Crippen LogP contribution in [0.2, 0.25) is 0 Å². The maximum atomic E-state index is 13.0. The Labute approximate surface area is 258 Å². The van der Waals surface area contributed by atoms with Gasteiger partial charge < -0.3 is 5.11 Å². The van der Waals surface area contributed by atoms with Crippen molar-refractivity contribution < 1.29 is 69.9 Å². The standard InChI is InChI=1S/C21H16N4O16S4/c26-18-12(20(28)24(22-18)14-8-10(42-40-38-30)4-6-16(14)44(32,33)34)2-1-3-13-19(27)23-25(21(13)29)15-9-11(43-41-39-31)5-7-17(15)45(35,36)37/h1-9,28,30-31H,(H,22,26)(H,23,27)(H,32,33,34)(H,35,36,37)/b2-1+,13-3+. The van der Waals surface area contributed by atoms with Crippen LogP contribution in [0.4, 0.5) is 5.69 Å². The normalized spacial score (nSPS) is 15.0. The number of hydrogen-bond acceptors (Lipinski definition) is 16. The van der Waals surface area contributed by atoms with Crippen LogP contribution in [0, 0.1) is 0 Å². The van der Waals surface area contributed by atoms with Crippen molar-refractivity contribution in [1.29, 1.82) is 0 Å². The smallest absolute Gasteiger partial charge is 0.296 e. The molecule has 2 heterocycles. The summed E-state index contributed by atoms with van der Waals surface area (Å²) in [7, 11) is -9.83. The number of aromatic amines is 1. The topological polar surface area (TPSA) is 294 Å². The lowest BCUT2D eigenvalue weighted by Gasteiger charge is -2.18. The van der Waals surface area contributed by atoms with E-state index >= 15 is 0 Å². The van der Waals surface area contributed by atoms with Crippen molar-refractivity contribution in [2.75, 3.05) is 5.01 Å². The molecule has 1 fully saturated rings. The molecular formula is C21H16N4O16S4. The van der Waals surface area contributed by atoms with E-state index in [1.807, 2.05) is 0 Å². The molecule has 7 N–H and O–H groups in total. The number of nitrogens with one attached hydrogen (secondary N) is 2. The summed E-state index contributed by atoms with van der Waals surface area (Å²) < 4.78 is 75.9. The number of aromatic hydroxyl groups is 1. The molecule has 0 atom stereocenters. The van der Waals surface area contributed by atoms with Gasteiger partial charge in [-0.05, 0) is 48.6 Å². The van der Waals surface area contributed by atoms with Crippen LogP contribution in [-0.4, -0.2) is 63.2 Å². The monoisotopic (exact) mass is 708 g/mol. The quantitative estimate of drug-likeness (QED) is 0.0348. The van der Waals surface area contributed by atoms with Gasteiger partial charge in [-0.2, -0.15) is 16.8 Å². The molecule has 24 heteroatoms. The Bertz CT molecular complexity index is 2000. The number of nitrogens with zero attached hydrogens (tertiary/aromatic N) is 2. The first-order chi connectivity index (χ1) is 21.2. The summed E-state index contributed by atoms with van der Waals surface area (Å²) in [6, 6.07) is 6.08. The molecule has 20 nitrogen and oxygen atoms in total. The lowest BCUT2D eigenvalue weighted by atomic mass is 10.2. The number of allylic oxidation sites excluding steroid dienone is 2. The van der Waals surface area contributed by atoms with Crippen molar-refractivity contribution in [2.45, 2.75) is 19.6 Å². The molecule has 0 aliphatic carbocycles. The van der Waals surface area contributed by atoms with Gasteiger partial charge >= 0.3 is 0 Å². The average Bonchev–Trinajstić information content (AvgIpc) is 3.42. The Morgan fingerprint density at radius 3 is 1.89 bits per heavy atom. The van der Waals surface area contributed by atoms with Crippen molar-refractivity contribution in [3.8, 4) is 11.6 Å². The van der Waals surface area contributed by atoms with Gasteiger partial charge in [-0.15, -0.1) is 8.67 Å². The van der Waals surface area contributed by atoms with E-state index in [-0.39, 0.29) is 9.79 Å². The van der Waals surface area contributed by atoms with E-state index in [1.165, 1.54) is 0 Å². The summed E-state index contributed by atoms with van der Waals surface area (Å²) in [6.07, 6.45) is 2.81. The Balaban J connectivity index is 1.69.